The van der Waals surface area contributed by atoms with Crippen molar-refractivity contribution in [2.45, 2.75) is 12.5 Å². The van der Waals surface area contributed by atoms with Crippen LogP contribution in [0.3, 0.4) is 0 Å². The summed E-state index contributed by atoms with van der Waals surface area (Å²) < 4.78 is 5.56. The Morgan fingerprint density at radius 1 is 1.56 bits per heavy atom. The molecular weight excluding hydrogens is 232 g/mol. The first-order valence-corrected chi connectivity index (χ1v) is 5.36. The zero-order chi connectivity index (χ0) is 11.5. The van der Waals surface area contributed by atoms with Crippen molar-refractivity contribution < 1.29 is 9.66 Å². The third-order valence-electron chi connectivity index (χ3n) is 2.43. The number of hydrogen-bond donors (Lipinski definition) is 1. The van der Waals surface area contributed by atoms with Crippen molar-refractivity contribution in [2.75, 3.05) is 13.1 Å². The number of benzene rings is 1. The lowest BCUT2D eigenvalue weighted by molar-refractivity contribution is -0.386. The highest BCUT2D eigenvalue weighted by atomic mass is 35.5. The molecule has 1 aliphatic rings. The van der Waals surface area contributed by atoms with E-state index >= 15 is 0 Å². The van der Waals surface area contributed by atoms with Crippen LogP contribution < -0.4 is 10.1 Å². The summed E-state index contributed by atoms with van der Waals surface area (Å²) in [5.74, 6) is 0.242. The van der Waals surface area contributed by atoms with Crippen molar-refractivity contribution in [1.29, 1.82) is 0 Å². The van der Waals surface area contributed by atoms with Crippen molar-refractivity contribution in [3.05, 3.63) is 33.3 Å². The van der Waals surface area contributed by atoms with Crippen LogP contribution in [0.5, 0.6) is 5.75 Å². The Balaban J connectivity index is 2.22. The molecule has 1 aliphatic heterocycles. The molecule has 5 nitrogen and oxygen atoms in total. The molecule has 2 rings (SSSR count). The number of nitrogens with one attached hydrogen (secondary N) is 1. The normalized spacial score (nSPS) is 19.7. The molecule has 1 unspecified atom stereocenters. The Bertz CT molecular complexity index is 405. The van der Waals surface area contributed by atoms with E-state index in [0.717, 1.165) is 13.0 Å². The summed E-state index contributed by atoms with van der Waals surface area (Å²) in [5.41, 5.74) is -0.0451. The van der Waals surface area contributed by atoms with E-state index < -0.39 is 4.92 Å². The van der Waals surface area contributed by atoms with Crippen molar-refractivity contribution in [3.8, 4) is 5.75 Å². The van der Waals surface area contributed by atoms with E-state index in [4.69, 9.17) is 16.3 Å². The summed E-state index contributed by atoms with van der Waals surface area (Å²) in [6, 6.07) is 4.33. The van der Waals surface area contributed by atoms with E-state index in [-0.39, 0.29) is 17.5 Å². The molecule has 1 aromatic carbocycles. The van der Waals surface area contributed by atoms with E-state index in [2.05, 4.69) is 5.32 Å². The summed E-state index contributed by atoms with van der Waals surface area (Å²) >= 11 is 5.79. The van der Waals surface area contributed by atoms with Gasteiger partial charge in [-0.05, 0) is 19.0 Å². The fourth-order valence-corrected chi connectivity index (χ4v) is 1.80. The summed E-state index contributed by atoms with van der Waals surface area (Å²) in [4.78, 5) is 10.3. The molecule has 1 fully saturated rings. The van der Waals surface area contributed by atoms with Crippen LogP contribution in [-0.4, -0.2) is 24.1 Å². The molecule has 1 atom stereocenters. The van der Waals surface area contributed by atoms with Gasteiger partial charge >= 0.3 is 5.69 Å². The van der Waals surface area contributed by atoms with E-state index in [1.54, 1.807) is 0 Å². The van der Waals surface area contributed by atoms with E-state index in [0.29, 0.717) is 11.6 Å². The molecule has 1 N–H and O–H groups in total. The number of hydrogen-bond acceptors (Lipinski definition) is 4. The van der Waals surface area contributed by atoms with Crippen LogP contribution in [0.1, 0.15) is 6.42 Å². The summed E-state index contributed by atoms with van der Waals surface area (Å²) in [6.07, 6.45) is 0.834. The molecule has 6 heteroatoms. The maximum absolute atomic E-state index is 10.8. The quantitative estimate of drug-likeness (QED) is 0.650. The number of nitro groups is 1. The lowest BCUT2D eigenvalue weighted by Crippen LogP contribution is -2.20. The monoisotopic (exact) mass is 242 g/mol. The number of rotatable bonds is 3. The number of ether oxygens (including phenoxy) is 1. The average molecular weight is 243 g/mol. The standard InChI is InChI=1S/C10H11ClN2O3/c11-7-1-2-9(13(14)15)10(5-7)16-8-3-4-12-6-8/h1-2,5,8,12H,3-4,6H2. The van der Waals surface area contributed by atoms with Gasteiger partial charge in [0.15, 0.2) is 5.75 Å². The highest BCUT2D eigenvalue weighted by Crippen LogP contribution is 2.31. The maximum atomic E-state index is 10.8. The van der Waals surface area contributed by atoms with Gasteiger partial charge < -0.3 is 10.1 Å². The minimum atomic E-state index is -0.464. The van der Waals surface area contributed by atoms with E-state index in [1.807, 2.05) is 0 Å². The Morgan fingerprint density at radius 3 is 3.00 bits per heavy atom. The molecule has 1 saturated heterocycles. The molecule has 86 valence electrons. The van der Waals surface area contributed by atoms with Gasteiger partial charge in [-0.3, -0.25) is 10.1 Å². The van der Waals surface area contributed by atoms with Crippen molar-refractivity contribution in [2.24, 2.45) is 0 Å². The van der Waals surface area contributed by atoms with E-state index in [9.17, 15) is 10.1 Å². The molecule has 0 aromatic heterocycles. The predicted octanol–water partition coefficient (Wildman–Crippen LogP) is 1.99. The van der Waals surface area contributed by atoms with Crippen LogP contribution in [0, 0.1) is 10.1 Å². The van der Waals surface area contributed by atoms with Gasteiger partial charge in [0.2, 0.25) is 0 Å². The lowest BCUT2D eigenvalue weighted by atomic mass is 10.2. The smallest absolute Gasteiger partial charge is 0.311 e. The molecule has 16 heavy (non-hydrogen) atoms. The fraction of sp³-hybridized carbons (Fsp3) is 0.400. The van der Waals surface area contributed by atoms with Crippen molar-refractivity contribution >= 4 is 17.3 Å². The first-order chi connectivity index (χ1) is 7.66. The molecule has 0 bridgehead atoms. The van der Waals surface area contributed by atoms with Crippen LogP contribution in [0.25, 0.3) is 0 Å². The van der Waals surface area contributed by atoms with Crippen LogP contribution in [0.15, 0.2) is 18.2 Å². The van der Waals surface area contributed by atoms with Gasteiger partial charge in [-0.25, -0.2) is 0 Å². The second kappa shape index (κ2) is 4.67. The van der Waals surface area contributed by atoms with Gasteiger partial charge in [-0.15, -0.1) is 0 Å². The highest BCUT2D eigenvalue weighted by molar-refractivity contribution is 6.30. The van der Waals surface area contributed by atoms with Gasteiger partial charge in [0.25, 0.3) is 0 Å². The third kappa shape index (κ3) is 2.43. The molecule has 0 aliphatic carbocycles. The molecule has 0 spiro atoms. The van der Waals surface area contributed by atoms with Gasteiger partial charge in [-0.2, -0.15) is 0 Å². The molecular formula is C10H11ClN2O3. The lowest BCUT2D eigenvalue weighted by Gasteiger charge is -2.12. The van der Waals surface area contributed by atoms with Gasteiger partial charge in [0.05, 0.1) is 4.92 Å². The molecule has 1 aromatic rings. The number of halogens is 1. The minimum absolute atomic E-state index is 0.0165. The average Bonchev–Trinajstić information content (AvgIpc) is 2.70. The van der Waals surface area contributed by atoms with Gasteiger partial charge in [-0.1, -0.05) is 11.6 Å². The van der Waals surface area contributed by atoms with Crippen LogP contribution >= 0.6 is 11.6 Å². The Morgan fingerprint density at radius 2 is 2.38 bits per heavy atom. The Labute approximate surface area is 97.5 Å². The number of nitro benzene ring substituents is 1. The third-order valence-corrected chi connectivity index (χ3v) is 2.66. The summed E-state index contributed by atoms with van der Waals surface area (Å²) in [6.45, 7) is 1.59. The summed E-state index contributed by atoms with van der Waals surface area (Å²) in [5, 5.41) is 14.3. The zero-order valence-corrected chi connectivity index (χ0v) is 9.24. The largest absolute Gasteiger partial charge is 0.482 e. The van der Waals surface area contributed by atoms with E-state index in [1.165, 1.54) is 18.2 Å². The van der Waals surface area contributed by atoms with Crippen LogP contribution in [0.2, 0.25) is 5.02 Å². The first-order valence-electron chi connectivity index (χ1n) is 4.98. The van der Waals surface area contributed by atoms with Crippen molar-refractivity contribution in [3.63, 3.8) is 0 Å². The first kappa shape index (κ1) is 11.2. The predicted molar refractivity (Wildman–Crippen MR) is 60.0 cm³/mol. The minimum Gasteiger partial charge on any atom is -0.482 e. The number of nitrogens with zero attached hydrogens (tertiary/aromatic N) is 1. The fourth-order valence-electron chi connectivity index (χ4n) is 1.64. The highest BCUT2D eigenvalue weighted by Gasteiger charge is 2.21. The second-order valence-electron chi connectivity index (χ2n) is 3.60. The molecule has 0 amide bonds. The second-order valence-corrected chi connectivity index (χ2v) is 4.04. The SMILES string of the molecule is O=[N+]([O-])c1ccc(Cl)cc1OC1CCNC1. The Kier molecular flexibility index (Phi) is 3.26. The van der Waals surface area contributed by atoms with Crippen molar-refractivity contribution in [1.82, 2.24) is 5.32 Å². The maximum Gasteiger partial charge on any atom is 0.311 e. The topological polar surface area (TPSA) is 64.4 Å². The van der Waals surface area contributed by atoms with Crippen LogP contribution in [-0.2, 0) is 0 Å². The van der Waals surface area contributed by atoms with Crippen LogP contribution in [0.4, 0.5) is 5.69 Å². The molecule has 0 saturated carbocycles. The Hall–Kier alpha value is -1.33. The summed E-state index contributed by atoms with van der Waals surface area (Å²) in [7, 11) is 0. The zero-order valence-electron chi connectivity index (χ0n) is 8.48. The molecule has 0 radical (unpaired) electrons. The molecule has 1 heterocycles. The van der Waals surface area contributed by atoms with Gasteiger partial charge in [0, 0.05) is 23.7 Å². The van der Waals surface area contributed by atoms with Gasteiger partial charge in [0.1, 0.15) is 6.10 Å².